The lowest BCUT2D eigenvalue weighted by Gasteiger charge is -2.18. The fourth-order valence-corrected chi connectivity index (χ4v) is 3.01. The van der Waals surface area contributed by atoms with E-state index in [-0.39, 0.29) is 11.8 Å². The van der Waals surface area contributed by atoms with E-state index in [1.807, 2.05) is 64.1 Å². The van der Waals surface area contributed by atoms with Gasteiger partial charge in [0.15, 0.2) is 0 Å². The van der Waals surface area contributed by atoms with Gasteiger partial charge < -0.3 is 10.6 Å². The summed E-state index contributed by atoms with van der Waals surface area (Å²) in [5.74, 6) is -0.439. The molecule has 0 spiro atoms. The predicted octanol–water partition coefficient (Wildman–Crippen LogP) is 4.28. The van der Waals surface area contributed by atoms with E-state index in [4.69, 9.17) is 0 Å². The fourth-order valence-electron chi connectivity index (χ4n) is 3.01. The third-order valence-corrected chi connectivity index (χ3v) is 5.10. The van der Waals surface area contributed by atoms with Gasteiger partial charge >= 0.3 is 0 Å². The van der Waals surface area contributed by atoms with E-state index in [9.17, 15) is 9.59 Å². The van der Waals surface area contributed by atoms with Gasteiger partial charge in [-0.25, -0.2) is 0 Å². The molecule has 0 radical (unpaired) electrons. The number of hydrogen-bond acceptors (Lipinski definition) is 2. The summed E-state index contributed by atoms with van der Waals surface area (Å²) in [6.07, 6.45) is 1.17. The molecule has 0 saturated heterocycles. The van der Waals surface area contributed by atoms with Crippen molar-refractivity contribution in [3.63, 3.8) is 0 Å². The van der Waals surface area contributed by atoms with Crippen molar-refractivity contribution in [2.75, 3.05) is 10.6 Å². The molecular formula is C21H24N2O2. The number of anilines is 2. The van der Waals surface area contributed by atoms with Crippen LogP contribution in [0.5, 0.6) is 0 Å². The van der Waals surface area contributed by atoms with Gasteiger partial charge in [-0.3, -0.25) is 9.59 Å². The van der Waals surface area contributed by atoms with Crippen LogP contribution in [0.4, 0.5) is 11.4 Å². The van der Waals surface area contributed by atoms with Gasteiger partial charge in [0.1, 0.15) is 5.41 Å². The molecular weight excluding hydrogens is 312 g/mol. The SMILES string of the molecule is Cc1ccc(NC(=O)C2(C(=O)Nc3cccc(C)c3C)CC2)c(C)c1. The van der Waals surface area contributed by atoms with E-state index in [0.717, 1.165) is 33.6 Å². The molecule has 25 heavy (non-hydrogen) atoms. The van der Waals surface area contributed by atoms with E-state index < -0.39 is 5.41 Å². The lowest BCUT2D eigenvalue weighted by atomic mass is 10.0. The minimum Gasteiger partial charge on any atom is -0.325 e. The lowest BCUT2D eigenvalue weighted by Crippen LogP contribution is -2.36. The molecule has 0 heterocycles. The summed E-state index contributed by atoms with van der Waals surface area (Å²) in [7, 11) is 0. The van der Waals surface area contributed by atoms with E-state index in [2.05, 4.69) is 10.6 Å². The molecule has 0 bridgehead atoms. The quantitative estimate of drug-likeness (QED) is 0.819. The van der Waals surface area contributed by atoms with Crippen LogP contribution in [0.1, 0.15) is 35.1 Å². The van der Waals surface area contributed by atoms with Crippen molar-refractivity contribution < 1.29 is 9.59 Å². The van der Waals surface area contributed by atoms with Crippen molar-refractivity contribution in [1.82, 2.24) is 0 Å². The molecule has 0 aromatic heterocycles. The summed E-state index contributed by atoms with van der Waals surface area (Å²) in [5, 5.41) is 5.88. The van der Waals surface area contributed by atoms with Crippen LogP contribution in [-0.4, -0.2) is 11.8 Å². The van der Waals surface area contributed by atoms with Crippen LogP contribution >= 0.6 is 0 Å². The van der Waals surface area contributed by atoms with Crippen molar-refractivity contribution in [2.45, 2.75) is 40.5 Å². The second-order valence-corrected chi connectivity index (χ2v) is 7.06. The Morgan fingerprint density at radius 1 is 0.840 bits per heavy atom. The molecule has 1 saturated carbocycles. The molecule has 4 nitrogen and oxygen atoms in total. The first-order chi connectivity index (χ1) is 11.8. The molecule has 1 aliphatic carbocycles. The van der Waals surface area contributed by atoms with E-state index in [0.29, 0.717) is 12.8 Å². The second kappa shape index (κ2) is 6.36. The standard InChI is InChI=1S/C21H24N2O2/c1-13-8-9-17(15(3)12-13)22-19(24)21(10-11-21)20(25)23-18-7-5-6-14(2)16(18)4/h5-9,12H,10-11H2,1-4H3,(H,22,24)(H,23,25). The molecule has 3 rings (SSSR count). The first-order valence-electron chi connectivity index (χ1n) is 8.60. The van der Waals surface area contributed by atoms with E-state index >= 15 is 0 Å². The summed E-state index contributed by atoms with van der Waals surface area (Å²) in [6.45, 7) is 7.95. The lowest BCUT2D eigenvalue weighted by molar-refractivity contribution is -0.131. The molecule has 0 atom stereocenters. The Morgan fingerprint density at radius 3 is 2.08 bits per heavy atom. The average Bonchev–Trinajstić information content (AvgIpc) is 3.36. The largest absolute Gasteiger partial charge is 0.325 e. The van der Waals surface area contributed by atoms with Crippen LogP contribution in [0, 0.1) is 33.1 Å². The van der Waals surface area contributed by atoms with Gasteiger partial charge in [0.05, 0.1) is 0 Å². The zero-order chi connectivity index (χ0) is 18.2. The molecule has 1 fully saturated rings. The van der Waals surface area contributed by atoms with Gasteiger partial charge in [0, 0.05) is 11.4 Å². The summed E-state index contributed by atoms with van der Waals surface area (Å²) >= 11 is 0. The Kier molecular flexibility index (Phi) is 4.38. The molecule has 0 aliphatic heterocycles. The maximum atomic E-state index is 12.8. The summed E-state index contributed by atoms with van der Waals surface area (Å²) in [6, 6.07) is 11.7. The van der Waals surface area contributed by atoms with Crippen LogP contribution < -0.4 is 10.6 Å². The van der Waals surface area contributed by atoms with Crippen LogP contribution in [0.15, 0.2) is 36.4 Å². The van der Waals surface area contributed by atoms with E-state index in [1.54, 1.807) is 0 Å². The van der Waals surface area contributed by atoms with Gasteiger partial charge in [-0.1, -0.05) is 29.8 Å². The highest BCUT2D eigenvalue weighted by Crippen LogP contribution is 2.47. The van der Waals surface area contributed by atoms with Crippen LogP contribution in [0.2, 0.25) is 0 Å². The normalized spacial score (nSPS) is 14.7. The maximum absolute atomic E-state index is 12.8. The topological polar surface area (TPSA) is 58.2 Å². The molecule has 0 unspecified atom stereocenters. The Hall–Kier alpha value is -2.62. The molecule has 1 aliphatic rings. The van der Waals surface area contributed by atoms with Gasteiger partial charge in [0.2, 0.25) is 11.8 Å². The van der Waals surface area contributed by atoms with Gasteiger partial charge in [-0.15, -0.1) is 0 Å². The number of carbonyl (C=O) groups excluding carboxylic acids is 2. The summed E-state index contributed by atoms with van der Waals surface area (Å²) in [4.78, 5) is 25.5. The number of rotatable bonds is 4. The zero-order valence-electron chi connectivity index (χ0n) is 15.2. The molecule has 130 valence electrons. The zero-order valence-corrected chi connectivity index (χ0v) is 15.2. The first kappa shape index (κ1) is 17.2. The number of carbonyl (C=O) groups is 2. The maximum Gasteiger partial charge on any atom is 0.240 e. The van der Waals surface area contributed by atoms with Gasteiger partial charge in [0.25, 0.3) is 0 Å². The highest BCUT2D eigenvalue weighted by molar-refractivity contribution is 6.17. The van der Waals surface area contributed by atoms with Crippen LogP contribution in [-0.2, 0) is 9.59 Å². The van der Waals surface area contributed by atoms with Gasteiger partial charge in [-0.2, -0.15) is 0 Å². The molecule has 2 amide bonds. The number of benzene rings is 2. The predicted molar refractivity (Wildman–Crippen MR) is 101 cm³/mol. The summed E-state index contributed by atoms with van der Waals surface area (Å²) in [5.41, 5.74) is 4.87. The molecule has 2 aromatic carbocycles. The Balaban J connectivity index is 1.76. The number of amides is 2. The van der Waals surface area contributed by atoms with Crippen molar-refractivity contribution in [3.05, 3.63) is 58.7 Å². The monoisotopic (exact) mass is 336 g/mol. The third-order valence-electron chi connectivity index (χ3n) is 5.10. The number of aryl methyl sites for hydroxylation is 3. The van der Waals surface area contributed by atoms with Gasteiger partial charge in [-0.05, 0) is 69.4 Å². The highest BCUT2D eigenvalue weighted by Gasteiger charge is 2.56. The Morgan fingerprint density at radius 2 is 1.48 bits per heavy atom. The van der Waals surface area contributed by atoms with Crippen LogP contribution in [0.25, 0.3) is 0 Å². The minimum absolute atomic E-state index is 0.219. The molecule has 2 aromatic rings. The van der Waals surface area contributed by atoms with Crippen molar-refractivity contribution in [2.24, 2.45) is 5.41 Å². The molecule has 2 N–H and O–H groups in total. The fraction of sp³-hybridized carbons (Fsp3) is 0.333. The van der Waals surface area contributed by atoms with Crippen molar-refractivity contribution in [1.29, 1.82) is 0 Å². The highest BCUT2D eigenvalue weighted by atomic mass is 16.2. The number of hydrogen-bond donors (Lipinski definition) is 2. The third kappa shape index (κ3) is 3.29. The van der Waals surface area contributed by atoms with Crippen molar-refractivity contribution in [3.8, 4) is 0 Å². The summed E-state index contributed by atoms with van der Waals surface area (Å²) < 4.78 is 0. The van der Waals surface area contributed by atoms with E-state index in [1.165, 1.54) is 0 Å². The first-order valence-corrected chi connectivity index (χ1v) is 8.60. The molecule has 4 heteroatoms. The minimum atomic E-state index is -0.951. The average molecular weight is 336 g/mol. The Labute approximate surface area is 148 Å². The van der Waals surface area contributed by atoms with Crippen molar-refractivity contribution >= 4 is 23.2 Å². The Bertz CT molecular complexity index is 851. The number of nitrogens with one attached hydrogen (secondary N) is 2. The second-order valence-electron chi connectivity index (χ2n) is 7.06. The van der Waals surface area contributed by atoms with Crippen LogP contribution in [0.3, 0.4) is 0 Å². The smallest absolute Gasteiger partial charge is 0.240 e.